The summed E-state index contributed by atoms with van der Waals surface area (Å²) in [7, 11) is 1.55. The first-order valence-corrected chi connectivity index (χ1v) is 8.97. The van der Waals surface area contributed by atoms with Crippen LogP contribution in [0.25, 0.3) is 0 Å². The van der Waals surface area contributed by atoms with E-state index in [9.17, 15) is 14.4 Å². The summed E-state index contributed by atoms with van der Waals surface area (Å²) in [6, 6.07) is 6.76. The highest BCUT2D eigenvalue weighted by molar-refractivity contribution is 7.15. The molecule has 0 fully saturated rings. The second-order valence-corrected chi connectivity index (χ2v) is 6.65. The van der Waals surface area contributed by atoms with Gasteiger partial charge in [0.05, 0.1) is 7.11 Å². The Bertz CT molecular complexity index is 791. The molecule has 2 amide bonds. The fourth-order valence-corrected chi connectivity index (χ4v) is 2.62. The Kier molecular flexibility index (Phi) is 7.68. The molecule has 1 aromatic carbocycles. The molecule has 1 heterocycles. The van der Waals surface area contributed by atoms with Gasteiger partial charge in [-0.25, -0.2) is 0 Å². The lowest BCUT2D eigenvalue weighted by molar-refractivity contribution is -0.147. The summed E-state index contributed by atoms with van der Waals surface area (Å²) in [5, 5.41) is 14.0. The number of rotatable bonds is 9. The molecule has 0 unspecified atom stereocenters. The molecule has 0 atom stereocenters. The largest absolute Gasteiger partial charge is 0.497 e. The minimum Gasteiger partial charge on any atom is -0.497 e. The molecule has 144 valence electrons. The van der Waals surface area contributed by atoms with E-state index >= 15 is 0 Å². The third-order valence-corrected chi connectivity index (χ3v) is 4.05. The van der Waals surface area contributed by atoms with Crippen molar-refractivity contribution in [2.75, 3.05) is 24.4 Å². The molecule has 2 rings (SSSR count). The first-order chi connectivity index (χ1) is 13.0. The fourth-order valence-electron chi connectivity index (χ4n) is 2.01. The second-order valence-electron chi connectivity index (χ2n) is 5.47. The van der Waals surface area contributed by atoms with Crippen molar-refractivity contribution >= 4 is 39.9 Å². The van der Waals surface area contributed by atoms with Crippen LogP contribution in [-0.2, 0) is 19.1 Å². The molecule has 0 bridgehead atoms. The van der Waals surface area contributed by atoms with E-state index in [0.29, 0.717) is 23.0 Å². The van der Waals surface area contributed by atoms with Gasteiger partial charge < -0.3 is 20.1 Å². The smallest absolute Gasteiger partial charge is 0.306 e. The van der Waals surface area contributed by atoms with Crippen LogP contribution in [0, 0.1) is 6.92 Å². The van der Waals surface area contributed by atoms with Crippen molar-refractivity contribution in [3.05, 3.63) is 29.3 Å². The van der Waals surface area contributed by atoms with Crippen LogP contribution in [0.15, 0.2) is 24.3 Å². The van der Waals surface area contributed by atoms with Gasteiger partial charge >= 0.3 is 5.97 Å². The Hall–Kier alpha value is -3.01. The van der Waals surface area contributed by atoms with Crippen molar-refractivity contribution < 1.29 is 23.9 Å². The molecule has 0 saturated heterocycles. The first kappa shape index (κ1) is 20.3. The third kappa shape index (κ3) is 7.40. The normalized spacial score (nSPS) is 10.1. The molecule has 0 spiro atoms. The number of aryl methyl sites for hydroxylation is 1. The SMILES string of the molecule is COc1ccc(NC(=O)COC(=O)CCCC(=O)Nc2nnc(C)s2)cc1. The van der Waals surface area contributed by atoms with Crippen LogP contribution in [0.4, 0.5) is 10.8 Å². The van der Waals surface area contributed by atoms with Crippen LogP contribution >= 0.6 is 11.3 Å². The summed E-state index contributed by atoms with van der Waals surface area (Å²) in [5.74, 6) is -0.571. The number of esters is 1. The average Bonchev–Trinajstić information content (AvgIpc) is 3.05. The number of nitrogens with one attached hydrogen (secondary N) is 2. The third-order valence-electron chi connectivity index (χ3n) is 3.30. The molecule has 2 aromatic rings. The van der Waals surface area contributed by atoms with E-state index in [2.05, 4.69) is 20.8 Å². The molecule has 0 radical (unpaired) electrons. The predicted molar refractivity (Wildman–Crippen MR) is 99.7 cm³/mol. The van der Waals surface area contributed by atoms with Gasteiger partial charge in [-0.1, -0.05) is 11.3 Å². The van der Waals surface area contributed by atoms with Gasteiger partial charge in [0.25, 0.3) is 5.91 Å². The predicted octanol–water partition coefficient (Wildman–Crippen LogP) is 2.15. The zero-order chi connectivity index (χ0) is 19.6. The topological polar surface area (TPSA) is 120 Å². The van der Waals surface area contributed by atoms with Crippen LogP contribution in [0.2, 0.25) is 0 Å². The number of ether oxygens (including phenoxy) is 2. The van der Waals surface area contributed by atoms with E-state index in [4.69, 9.17) is 9.47 Å². The zero-order valence-electron chi connectivity index (χ0n) is 15.0. The summed E-state index contributed by atoms with van der Waals surface area (Å²) < 4.78 is 9.92. The lowest BCUT2D eigenvalue weighted by Gasteiger charge is -2.07. The van der Waals surface area contributed by atoms with E-state index in [1.165, 1.54) is 11.3 Å². The number of carbonyl (C=O) groups is 3. The molecule has 1 aromatic heterocycles. The van der Waals surface area contributed by atoms with E-state index in [1.54, 1.807) is 38.3 Å². The number of methoxy groups -OCH3 is 1. The quantitative estimate of drug-likeness (QED) is 0.627. The lowest BCUT2D eigenvalue weighted by atomic mass is 10.2. The fraction of sp³-hybridized carbons (Fsp3) is 0.353. The van der Waals surface area contributed by atoms with Gasteiger partial charge in [-0.15, -0.1) is 10.2 Å². The Balaban J connectivity index is 1.60. The number of benzene rings is 1. The van der Waals surface area contributed by atoms with Crippen LogP contribution in [0.5, 0.6) is 5.75 Å². The summed E-state index contributed by atoms with van der Waals surface area (Å²) in [6.45, 7) is 1.40. The standard InChI is InChI=1S/C17H20N4O5S/c1-11-20-21-17(27-11)19-14(22)4-3-5-16(24)26-10-15(23)18-12-6-8-13(25-2)9-7-12/h6-9H,3-5,10H2,1-2H3,(H,18,23)(H,19,21,22). The van der Waals surface area contributed by atoms with Gasteiger partial charge in [0.15, 0.2) is 6.61 Å². The number of anilines is 2. The van der Waals surface area contributed by atoms with E-state index < -0.39 is 11.9 Å². The van der Waals surface area contributed by atoms with Gasteiger partial charge in [-0.05, 0) is 37.6 Å². The van der Waals surface area contributed by atoms with E-state index in [0.717, 1.165) is 5.01 Å². The molecular weight excluding hydrogens is 372 g/mol. The van der Waals surface area contributed by atoms with Crippen LogP contribution < -0.4 is 15.4 Å². The Labute approximate surface area is 160 Å². The maximum absolute atomic E-state index is 11.8. The molecule has 10 heteroatoms. The van der Waals surface area contributed by atoms with Crippen molar-refractivity contribution in [2.45, 2.75) is 26.2 Å². The van der Waals surface area contributed by atoms with Crippen molar-refractivity contribution in [1.29, 1.82) is 0 Å². The van der Waals surface area contributed by atoms with E-state index in [1.807, 2.05) is 0 Å². The van der Waals surface area contributed by atoms with Crippen LogP contribution in [0.1, 0.15) is 24.3 Å². The van der Waals surface area contributed by atoms with Crippen LogP contribution in [-0.4, -0.2) is 41.7 Å². The first-order valence-electron chi connectivity index (χ1n) is 8.16. The number of nitrogens with zero attached hydrogens (tertiary/aromatic N) is 2. The Morgan fingerprint density at radius 1 is 1.04 bits per heavy atom. The molecule has 2 N–H and O–H groups in total. The molecular formula is C17H20N4O5S. The highest BCUT2D eigenvalue weighted by Gasteiger charge is 2.11. The second kappa shape index (κ2) is 10.2. The molecule has 27 heavy (non-hydrogen) atoms. The minimum absolute atomic E-state index is 0.0401. The summed E-state index contributed by atoms with van der Waals surface area (Å²) in [5.41, 5.74) is 0.570. The van der Waals surface area contributed by atoms with Gasteiger partial charge in [0.2, 0.25) is 11.0 Å². The van der Waals surface area contributed by atoms with Crippen LogP contribution in [0.3, 0.4) is 0 Å². The minimum atomic E-state index is -0.542. The average molecular weight is 392 g/mol. The van der Waals surface area contributed by atoms with Gasteiger partial charge in [0.1, 0.15) is 10.8 Å². The van der Waals surface area contributed by atoms with Gasteiger partial charge in [-0.3, -0.25) is 14.4 Å². The Morgan fingerprint density at radius 3 is 2.41 bits per heavy atom. The van der Waals surface area contributed by atoms with Gasteiger partial charge in [0, 0.05) is 18.5 Å². The molecule has 0 aliphatic rings. The maximum atomic E-state index is 11.8. The zero-order valence-corrected chi connectivity index (χ0v) is 15.8. The van der Waals surface area contributed by atoms with E-state index in [-0.39, 0.29) is 25.4 Å². The highest BCUT2D eigenvalue weighted by atomic mass is 32.1. The number of aromatic nitrogens is 2. The lowest BCUT2D eigenvalue weighted by Crippen LogP contribution is -2.21. The van der Waals surface area contributed by atoms with Crippen molar-refractivity contribution in [3.63, 3.8) is 0 Å². The molecule has 0 aliphatic carbocycles. The molecule has 0 saturated carbocycles. The van der Waals surface area contributed by atoms with Crippen molar-refractivity contribution in [2.24, 2.45) is 0 Å². The molecule has 9 nitrogen and oxygen atoms in total. The van der Waals surface area contributed by atoms with Gasteiger partial charge in [-0.2, -0.15) is 0 Å². The summed E-state index contributed by atoms with van der Waals surface area (Å²) in [4.78, 5) is 35.1. The number of amides is 2. The summed E-state index contributed by atoms with van der Waals surface area (Å²) >= 11 is 1.27. The maximum Gasteiger partial charge on any atom is 0.306 e. The monoisotopic (exact) mass is 392 g/mol. The summed E-state index contributed by atoms with van der Waals surface area (Å²) in [6.07, 6.45) is 0.493. The Morgan fingerprint density at radius 2 is 1.78 bits per heavy atom. The number of hydrogen-bond acceptors (Lipinski definition) is 8. The van der Waals surface area contributed by atoms with Crippen molar-refractivity contribution in [3.8, 4) is 5.75 Å². The highest BCUT2D eigenvalue weighted by Crippen LogP contribution is 2.15. The number of hydrogen-bond donors (Lipinski definition) is 2. The number of carbonyl (C=O) groups excluding carboxylic acids is 3. The molecule has 0 aliphatic heterocycles. The van der Waals surface area contributed by atoms with Crippen molar-refractivity contribution in [1.82, 2.24) is 10.2 Å².